The molecule has 152 valence electrons. The lowest BCUT2D eigenvalue weighted by Crippen LogP contribution is -2.13. The third-order valence-corrected chi connectivity index (χ3v) is 6.49. The molecule has 0 radical (unpaired) electrons. The van der Waals surface area contributed by atoms with Crippen molar-refractivity contribution in [2.45, 2.75) is 11.8 Å². The van der Waals surface area contributed by atoms with Gasteiger partial charge in [-0.05, 0) is 43.3 Å². The summed E-state index contributed by atoms with van der Waals surface area (Å²) < 4.78 is 33.2. The maximum absolute atomic E-state index is 12.6. The summed E-state index contributed by atoms with van der Waals surface area (Å²) in [6, 6.07) is 12.0. The zero-order valence-electron chi connectivity index (χ0n) is 14.6. The average Bonchev–Trinajstić information content (AvgIpc) is 2.59. The first-order valence-electron chi connectivity index (χ1n) is 7.98. The second-order valence-corrected chi connectivity index (χ2v) is 9.74. The zero-order chi connectivity index (χ0) is 21.3. The first-order valence-corrected chi connectivity index (χ1v) is 11.3. The molecule has 0 atom stereocenters. The van der Waals surface area contributed by atoms with E-state index >= 15 is 0 Å². The largest absolute Gasteiger partial charge is 0.451 e. The van der Waals surface area contributed by atoms with E-state index < -0.39 is 10.0 Å². The summed E-state index contributed by atoms with van der Waals surface area (Å²) in [5.41, 5.74) is 1.11. The maximum Gasteiger partial charge on any atom is 0.261 e. The summed E-state index contributed by atoms with van der Waals surface area (Å²) in [5, 5.41) is 0.783. The highest BCUT2D eigenvalue weighted by Crippen LogP contribution is 2.44. The van der Waals surface area contributed by atoms with Gasteiger partial charge in [0.15, 0.2) is 11.5 Å². The Morgan fingerprint density at radius 2 is 1.21 bits per heavy atom. The molecule has 0 heterocycles. The van der Waals surface area contributed by atoms with Gasteiger partial charge in [-0.3, -0.25) is 4.72 Å². The molecular weight excluding hydrogens is 500 g/mol. The van der Waals surface area contributed by atoms with E-state index in [4.69, 9.17) is 62.7 Å². The van der Waals surface area contributed by atoms with Crippen molar-refractivity contribution < 1.29 is 13.2 Å². The van der Waals surface area contributed by atoms with Gasteiger partial charge >= 0.3 is 0 Å². The van der Waals surface area contributed by atoms with Crippen molar-refractivity contribution in [1.29, 1.82) is 0 Å². The predicted molar refractivity (Wildman–Crippen MR) is 120 cm³/mol. The summed E-state index contributed by atoms with van der Waals surface area (Å²) in [4.78, 5) is 0.107. The minimum Gasteiger partial charge on any atom is -0.451 e. The van der Waals surface area contributed by atoms with Crippen molar-refractivity contribution in [1.82, 2.24) is 0 Å². The second kappa shape index (κ2) is 8.80. The van der Waals surface area contributed by atoms with Crippen molar-refractivity contribution in [3.05, 3.63) is 79.2 Å². The van der Waals surface area contributed by atoms with Crippen LogP contribution in [0, 0.1) is 6.92 Å². The highest BCUT2D eigenvalue weighted by molar-refractivity contribution is 7.92. The molecule has 29 heavy (non-hydrogen) atoms. The first-order chi connectivity index (χ1) is 13.6. The SMILES string of the molecule is Cc1ccc(S(=O)(=O)Nc2cc(Cl)c(Oc3c(Cl)cc(Cl)cc3Cl)c(Cl)c2)cc1. The van der Waals surface area contributed by atoms with Crippen LogP contribution in [-0.4, -0.2) is 8.42 Å². The van der Waals surface area contributed by atoms with E-state index in [9.17, 15) is 8.42 Å². The molecule has 3 aromatic carbocycles. The molecule has 0 aliphatic carbocycles. The van der Waals surface area contributed by atoms with Gasteiger partial charge < -0.3 is 4.74 Å². The van der Waals surface area contributed by atoms with Gasteiger partial charge in [0.2, 0.25) is 0 Å². The highest BCUT2D eigenvalue weighted by Gasteiger charge is 2.19. The van der Waals surface area contributed by atoms with Gasteiger partial charge in [-0.25, -0.2) is 8.42 Å². The molecule has 3 rings (SSSR count). The van der Waals surface area contributed by atoms with Crippen LogP contribution in [0.15, 0.2) is 53.4 Å². The molecule has 0 saturated carbocycles. The third kappa shape index (κ3) is 5.23. The molecule has 3 aromatic rings. The lowest BCUT2D eigenvalue weighted by atomic mass is 10.2. The molecular formula is C19H12Cl5NO3S. The van der Waals surface area contributed by atoms with E-state index in [0.717, 1.165) is 5.56 Å². The van der Waals surface area contributed by atoms with E-state index in [0.29, 0.717) is 5.02 Å². The summed E-state index contributed by atoms with van der Waals surface area (Å²) >= 11 is 30.6. The van der Waals surface area contributed by atoms with Crippen LogP contribution in [0.2, 0.25) is 25.1 Å². The smallest absolute Gasteiger partial charge is 0.261 e. The number of ether oxygens (including phenoxy) is 1. The number of hydrogen-bond acceptors (Lipinski definition) is 3. The lowest BCUT2D eigenvalue weighted by molar-refractivity contribution is 0.484. The Bertz CT molecular complexity index is 1130. The number of nitrogens with one attached hydrogen (secondary N) is 1. The van der Waals surface area contributed by atoms with Gasteiger partial charge in [0.1, 0.15) is 0 Å². The van der Waals surface area contributed by atoms with Crippen molar-refractivity contribution >= 4 is 73.7 Å². The number of benzene rings is 3. The Hall–Kier alpha value is -1.34. The van der Waals surface area contributed by atoms with Gasteiger partial charge in [0.05, 0.1) is 30.7 Å². The van der Waals surface area contributed by atoms with Gasteiger partial charge in [-0.15, -0.1) is 0 Å². The number of sulfonamides is 1. The molecule has 0 aliphatic heterocycles. The summed E-state index contributed by atoms with van der Waals surface area (Å²) in [7, 11) is -3.82. The lowest BCUT2D eigenvalue weighted by Gasteiger charge is -2.15. The van der Waals surface area contributed by atoms with Crippen molar-refractivity contribution in [2.75, 3.05) is 4.72 Å². The van der Waals surface area contributed by atoms with E-state index in [1.807, 2.05) is 6.92 Å². The Morgan fingerprint density at radius 1 is 0.759 bits per heavy atom. The van der Waals surface area contributed by atoms with Crippen LogP contribution in [0.5, 0.6) is 11.5 Å². The van der Waals surface area contributed by atoms with Crippen LogP contribution in [0.25, 0.3) is 0 Å². The summed E-state index contributed by atoms with van der Waals surface area (Å²) in [6.07, 6.45) is 0. The van der Waals surface area contributed by atoms with E-state index in [2.05, 4.69) is 4.72 Å². The molecule has 0 fully saturated rings. The normalized spacial score (nSPS) is 11.4. The number of hydrogen-bond donors (Lipinski definition) is 1. The standard InChI is InChI=1S/C19H12Cl5NO3S/c1-10-2-4-13(5-3-10)29(26,27)25-12-8-16(23)19(17(24)9-12)28-18-14(21)6-11(20)7-15(18)22/h2-9,25H,1H3. The number of aryl methyl sites for hydroxylation is 1. The molecule has 0 unspecified atom stereocenters. The predicted octanol–water partition coefficient (Wildman–Crippen LogP) is 7.86. The molecule has 10 heteroatoms. The van der Waals surface area contributed by atoms with Crippen LogP contribution < -0.4 is 9.46 Å². The summed E-state index contributed by atoms with van der Waals surface area (Å²) in [6.45, 7) is 1.86. The third-order valence-electron chi connectivity index (χ3n) is 3.75. The van der Waals surface area contributed by atoms with Gasteiger partial charge in [0.25, 0.3) is 10.0 Å². The first kappa shape index (κ1) is 22.3. The molecule has 0 aliphatic rings. The Labute approximate surface area is 193 Å². The van der Waals surface area contributed by atoms with Gasteiger partial charge in [-0.1, -0.05) is 75.7 Å². The molecule has 0 amide bonds. The summed E-state index contributed by atoms with van der Waals surface area (Å²) in [5.74, 6) is 0.187. The molecule has 1 N–H and O–H groups in total. The number of halogens is 5. The molecule has 0 spiro atoms. The minimum atomic E-state index is -3.82. The Balaban J connectivity index is 1.91. The molecule has 0 aromatic heterocycles. The molecule has 0 bridgehead atoms. The van der Waals surface area contributed by atoms with Crippen LogP contribution >= 0.6 is 58.0 Å². The van der Waals surface area contributed by atoms with Crippen LogP contribution in [-0.2, 0) is 10.0 Å². The quantitative estimate of drug-likeness (QED) is 0.379. The monoisotopic (exact) mass is 509 g/mol. The van der Waals surface area contributed by atoms with Crippen molar-refractivity contribution in [2.24, 2.45) is 0 Å². The Kier molecular flexibility index (Phi) is 6.78. The Morgan fingerprint density at radius 3 is 1.69 bits per heavy atom. The van der Waals surface area contributed by atoms with Crippen LogP contribution in [0.1, 0.15) is 5.56 Å². The van der Waals surface area contributed by atoms with Crippen LogP contribution in [0.4, 0.5) is 5.69 Å². The fourth-order valence-corrected chi connectivity index (χ4v) is 4.88. The van der Waals surface area contributed by atoms with Gasteiger partial charge in [0, 0.05) is 5.02 Å². The van der Waals surface area contributed by atoms with E-state index in [1.54, 1.807) is 12.1 Å². The molecule has 0 saturated heterocycles. The van der Waals surface area contributed by atoms with E-state index in [1.165, 1.54) is 36.4 Å². The van der Waals surface area contributed by atoms with Crippen molar-refractivity contribution in [3.63, 3.8) is 0 Å². The van der Waals surface area contributed by atoms with Crippen molar-refractivity contribution in [3.8, 4) is 11.5 Å². The fourth-order valence-electron chi connectivity index (χ4n) is 2.38. The topological polar surface area (TPSA) is 55.4 Å². The maximum atomic E-state index is 12.6. The molecule has 4 nitrogen and oxygen atoms in total. The average molecular weight is 512 g/mol. The highest BCUT2D eigenvalue weighted by atomic mass is 35.5. The zero-order valence-corrected chi connectivity index (χ0v) is 19.2. The number of anilines is 1. The van der Waals surface area contributed by atoms with Crippen LogP contribution in [0.3, 0.4) is 0 Å². The fraction of sp³-hybridized carbons (Fsp3) is 0.0526. The number of rotatable bonds is 5. The second-order valence-electron chi connectivity index (χ2n) is 5.99. The minimum absolute atomic E-state index is 0.0567. The van der Waals surface area contributed by atoms with Gasteiger partial charge in [-0.2, -0.15) is 0 Å². The van der Waals surface area contributed by atoms with E-state index in [-0.39, 0.29) is 42.2 Å².